The summed E-state index contributed by atoms with van der Waals surface area (Å²) in [4.78, 5) is 27.6. The van der Waals surface area contributed by atoms with Crippen molar-refractivity contribution in [2.45, 2.75) is 32.5 Å². The van der Waals surface area contributed by atoms with E-state index in [2.05, 4.69) is 26.0 Å². The number of nitrogens with one attached hydrogen (secondary N) is 3. The van der Waals surface area contributed by atoms with E-state index in [9.17, 15) is 23.5 Å². The minimum Gasteiger partial charge on any atom is -0.465 e. The van der Waals surface area contributed by atoms with Crippen LogP contribution in [0.25, 0.3) is 10.9 Å². The molecule has 2 amide bonds. The normalized spacial score (nSPS) is 12.7. The smallest absolute Gasteiger partial charge is 0.404 e. The number of carbonyl (C=O) groups is 2. The summed E-state index contributed by atoms with van der Waals surface area (Å²) in [6.45, 7) is 4.01. The second-order valence-corrected chi connectivity index (χ2v) is 8.44. The highest BCUT2D eigenvalue weighted by atomic mass is 19.2. The highest BCUT2D eigenvalue weighted by molar-refractivity contribution is 6.00. The van der Waals surface area contributed by atoms with E-state index in [1.54, 1.807) is 23.0 Å². The molecule has 0 bridgehead atoms. The average molecular weight is 528 g/mol. The number of anilines is 3. The fourth-order valence-corrected chi connectivity index (χ4v) is 4.09. The third kappa shape index (κ3) is 5.31. The van der Waals surface area contributed by atoms with Gasteiger partial charge < -0.3 is 26.8 Å². The highest BCUT2D eigenvalue weighted by Crippen LogP contribution is 2.31. The molecule has 0 fully saturated rings. The van der Waals surface area contributed by atoms with Gasteiger partial charge in [0.2, 0.25) is 0 Å². The fraction of sp³-hybridized carbons (Fsp3) is 0.200. The average Bonchev–Trinajstić information content (AvgIpc) is 3.29. The molecule has 0 saturated heterocycles. The van der Waals surface area contributed by atoms with E-state index < -0.39 is 41.5 Å². The Bertz CT molecular complexity index is 1530. The number of nitrogens with two attached hydrogens (primary N) is 1. The number of nitrogens with zero attached hydrogens (tertiary/aromatic N) is 3. The molecular weight excluding hydrogens is 503 g/mol. The number of halogens is 3. The maximum atomic E-state index is 15.1. The number of primary amides is 1. The van der Waals surface area contributed by atoms with Gasteiger partial charge in [0.05, 0.1) is 35.0 Å². The third-order valence-electron chi connectivity index (χ3n) is 5.93. The van der Waals surface area contributed by atoms with E-state index in [1.165, 1.54) is 13.0 Å². The molecule has 0 spiro atoms. The zero-order chi connectivity index (χ0) is 27.6. The van der Waals surface area contributed by atoms with Gasteiger partial charge >= 0.3 is 6.09 Å². The second-order valence-electron chi connectivity index (χ2n) is 8.44. The zero-order valence-electron chi connectivity index (χ0n) is 20.3. The lowest BCUT2D eigenvalue weighted by atomic mass is 10.00. The molecule has 0 saturated carbocycles. The Labute approximate surface area is 214 Å². The summed E-state index contributed by atoms with van der Waals surface area (Å²) in [6, 6.07) is 7.18. The SMILES string of the molecule is CCn1ncc2c(Nc3nc(N[C@@H](c4ccc(F)c(F)c4)[C@H](C)NC(=O)O)c(F)cc3C(N)=O)cccc21. The van der Waals surface area contributed by atoms with Gasteiger partial charge in [-0.1, -0.05) is 12.1 Å². The van der Waals surface area contributed by atoms with Crippen molar-refractivity contribution in [3.8, 4) is 0 Å². The molecule has 2 aromatic heterocycles. The van der Waals surface area contributed by atoms with Gasteiger partial charge in [0.15, 0.2) is 23.3 Å². The molecule has 10 nitrogen and oxygen atoms in total. The monoisotopic (exact) mass is 527 g/mol. The Morgan fingerprint density at radius 1 is 1.08 bits per heavy atom. The van der Waals surface area contributed by atoms with Gasteiger partial charge in [-0.2, -0.15) is 5.10 Å². The molecule has 6 N–H and O–H groups in total. The Morgan fingerprint density at radius 3 is 2.50 bits per heavy atom. The van der Waals surface area contributed by atoms with Crippen LogP contribution in [0.2, 0.25) is 0 Å². The first-order valence-corrected chi connectivity index (χ1v) is 11.5. The molecule has 4 aromatic rings. The molecule has 0 aliphatic rings. The predicted octanol–water partition coefficient (Wildman–Crippen LogP) is 4.52. The van der Waals surface area contributed by atoms with Crippen molar-refractivity contribution in [2.24, 2.45) is 5.73 Å². The molecular formula is C25H24F3N7O3. The van der Waals surface area contributed by atoms with Crippen molar-refractivity contribution in [3.05, 3.63) is 77.2 Å². The first-order chi connectivity index (χ1) is 18.1. The van der Waals surface area contributed by atoms with Crippen LogP contribution in [0, 0.1) is 17.5 Å². The minimum atomic E-state index is -1.38. The lowest BCUT2D eigenvalue weighted by Gasteiger charge is -2.27. The maximum Gasteiger partial charge on any atom is 0.404 e. The molecule has 0 aliphatic heterocycles. The van der Waals surface area contributed by atoms with E-state index in [-0.39, 0.29) is 22.8 Å². The van der Waals surface area contributed by atoms with Crippen molar-refractivity contribution in [3.63, 3.8) is 0 Å². The number of fused-ring (bicyclic) bond motifs is 1. The van der Waals surface area contributed by atoms with Crippen LogP contribution in [0.5, 0.6) is 0 Å². The molecule has 13 heteroatoms. The largest absolute Gasteiger partial charge is 0.465 e. The molecule has 0 aliphatic carbocycles. The highest BCUT2D eigenvalue weighted by Gasteiger charge is 2.25. The van der Waals surface area contributed by atoms with Crippen LogP contribution in [0.4, 0.5) is 35.3 Å². The van der Waals surface area contributed by atoms with Gasteiger partial charge in [0.1, 0.15) is 5.82 Å². The van der Waals surface area contributed by atoms with Gasteiger partial charge in [-0.3, -0.25) is 9.48 Å². The fourth-order valence-electron chi connectivity index (χ4n) is 4.09. The van der Waals surface area contributed by atoms with Crippen LogP contribution >= 0.6 is 0 Å². The zero-order valence-corrected chi connectivity index (χ0v) is 20.3. The molecule has 4 rings (SSSR count). The number of carbonyl (C=O) groups excluding carboxylic acids is 1. The number of rotatable bonds is 9. The Morgan fingerprint density at radius 2 is 1.84 bits per heavy atom. The number of benzene rings is 2. The number of aryl methyl sites for hydroxylation is 1. The molecule has 2 aromatic carbocycles. The van der Waals surface area contributed by atoms with Crippen LogP contribution in [-0.4, -0.2) is 37.9 Å². The van der Waals surface area contributed by atoms with Crippen molar-refractivity contribution < 1.29 is 27.9 Å². The lowest BCUT2D eigenvalue weighted by molar-refractivity contribution is 0.1000. The van der Waals surface area contributed by atoms with Crippen LogP contribution < -0.4 is 21.7 Å². The summed E-state index contributed by atoms with van der Waals surface area (Å²) >= 11 is 0. The first kappa shape index (κ1) is 26.3. The summed E-state index contributed by atoms with van der Waals surface area (Å²) in [7, 11) is 0. The van der Waals surface area contributed by atoms with Gasteiger partial charge in [0, 0.05) is 11.9 Å². The lowest BCUT2D eigenvalue weighted by Crippen LogP contribution is -2.39. The molecule has 0 unspecified atom stereocenters. The molecule has 2 heterocycles. The second kappa shape index (κ2) is 10.7. The third-order valence-corrected chi connectivity index (χ3v) is 5.93. The van der Waals surface area contributed by atoms with E-state index in [1.807, 2.05) is 13.0 Å². The summed E-state index contributed by atoms with van der Waals surface area (Å²) in [6.07, 6.45) is 0.249. The number of pyridine rings is 1. The number of aromatic nitrogens is 3. The predicted molar refractivity (Wildman–Crippen MR) is 135 cm³/mol. The summed E-state index contributed by atoms with van der Waals surface area (Å²) in [5, 5.41) is 22.2. The van der Waals surface area contributed by atoms with Crippen LogP contribution in [-0.2, 0) is 6.54 Å². The minimum absolute atomic E-state index is 0.0824. The Kier molecular flexibility index (Phi) is 7.37. The topological polar surface area (TPSA) is 147 Å². The van der Waals surface area contributed by atoms with Gasteiger partial charge in [-0.15, -0.1) is 0 Å². The van der Waals surface area contributed by atoms with Gasteiger partial charge in [-0.05, 0) is 49.7 Å². The molecule has 198 valence electrons. The summed E-state index contributed by atoms with van der Waals surface area (Å²) in [5.41, 5.74) is 6.69. The number of carboxylic acid groups (broad SMARTS) is 1. The van der Waals surface area contributed by atoms with Gasteiger partial charge in [0.25, 0.3) is 5.91 Å². The van der Waals surface area contributed by atoms with Crippen LogP contribution in [0.3, 0.4) is 0 Å². The summed E-state index contributed by atoms with van der Waals surface area (Å²) in [5.74, 6) is -4.66. The number of hydrogen-bond donors (Lipinski definition) is 5. The molecule has 38 heavy (non-hydrogen) atoms. The standard InChI is InChI=1S/C25H24F3N7O3/c1-3-35-20-6-4-5-19(15(20)11-30-35)32-23-14(22(29)36)10-18(28)24(34-23)33-21(12(2)31-25(37)38)13-7-8-16(26)17(27)9-13/h4-12,21,31H,3H2,1-2H3,(H2,29,36)(H,37,38)(H2,32,33,34)/t12-,21+/m0/s1. The van der Waals surface area contributed by atoms with Crippen LogP contribution in [0.1, 0.15) is 35.8 Å². The van der Waals surface area contributed by atoms with Crippen molar-refractivity contribution in [1.29, 1.82) is 0 Å². The first-order valence-electron chi connectivity index (χ1n) is 11.5. The van der Waals surface area contributed by atoms with Crippen molar-refractivity contribution >= 4 is 40.2 Å². The number of hydrogen-bond acceptors (Lipinski definition) is 6. The summed E-state index contributed by atoms with van der Waals surface area (Å²) < 4.78 is 44.4. The van der Waals surface area contributed by atoms with Crippen molar-refractivity contribution in [2.75, 3.05) is 10.6 Å². The van der Waals surface area contributed by atoms with E-state index in [0.29, 0.717) is 17.6 Å². The quantitative estimate of drug-likeness (QED) is 0.215. The Hall–Kier alpha value is -4.81. The van der Waals surface area contributed by atoms with E-state index in [4.69, 9.17) is 5.73 Å². The van der Waals surface area contributed by atoms with E-state index in [0.717, 1.165) is 23.7 Å². The van der Waals surface area contributed by atoms with Gasteiger partial charge in [-0.25, -0.2) is 22.9 Å². The van der Waals surface area contributed by atoms with Crippen molar-refractivity contribution in [1.82, 2.24) is 20.1 Å². The maximum absolute atomic E-state index is 15.1. The Balaban J connectivity index is 1.77. The molecule has 2 atom stereocenters. The van der Waals surface area contributed by atoms with Crippen LogP contribution in [0.15, 0.2) is 48.7 Å². The van der Waals surface area contributed by atoms with E-state index >= 15 is 4.39 Å². The number of amides is 2. The molecule has 0 radical (unpaired) electrons.